The zero-order valence-electron chi connectivity index (χ0n) is 19.4. The molecule has 0 radical (unpaired) electrons. The monoisotopic (exact) mass is 464 g/mol. The maximum Gasteiger partial charge on any atom is 0.306 e. The van der Waals surface area contributed by atoms with Crippen molar-refractivity contribution in [2.45, 2.75) is 82.8 Å². The van der Waals surface area contributed by atoms with Crippen LogP contribution >= 0.6 is 0 Å². The number of esters is 1. The van der Waals surface area contributed by atoms with Crippen LogP contribution in [0.4, 0.5) is 0 Å². The summed E-state index contributed by atoms with van der Waals surface area (Å²) in [6, 6.07) is 6.78. The Morgan fingerprint density at radius 2 is 1.75 bits per heavy atom. The van der Waals surface area contributed by atoms with Gasteiger partial charge in [-0.15, -0.1) is 0 Å². The number of carbonyl (C=O) groups is 2. The number of nitrogens with one attached hydrogen (secondary N) is 1. The molecule has 8 heteroatoms. The van der Waals surface area contributed by atoms with E-state index in [0.717, 1.165) is 31.2 Å². The predicted octanol–water partition coefficient (Wildman–Crippen LogP) is 3.28. The smallest absolute Gasteiger partial charge is 0.306 e. The molecular weight excluding hydrogens is 428 g/mol. The Hall–Kier alpha value is -1.93. The Kier molecular flexibility index (Phi) is 8.33. The molecule has 1 saturated carbocycles. The molecule has 0 spiro atoms. The second kappa shape index (κ2) is 10.8. The van der Waals surface area contributed by atoms with Crippen LogP contribution in [-0.2, 0) is 30.8 Å². The van der Waals surface area contributed by atoms with E-state index < -0.39 is 22.1 Å². The molecule has 0 bridgehead atoms. The van der Waals surface area contributed by atoms with Crippen LogP contribution in [0.2, 0.25) is 0 Å². The number of nitrogens with zero attached hydrogens (tertiary/aromatic N) is 1. The summed E-state index contributed by atoms with van der Waals surface area (Å²) >= 11 is 0. The van der Waals surface area contributed by atoms with Gasteiger partial charge >= 0.3 is 5.97 Å². The van der Waals surface area contributed by atoms with Crippen molar-refractivity contribution in [2.24, 2.45) is 11.8 Å². The van der Waals surface area contributed by atoms with E-state index in [-0.39, 0.29) is 23.3 Å². The lowest BCUT2D eigenvalue weighted by molar-refractivity contribution is -0.155. The highest BCUT2D eigenvalue weighted by Crippen LogP contribution is 2.29. The molecular formula is C24H36N2O5S. The van der Waals surface area contributed by atoms with Gasteiger partial charge in [-0.3, -0.25) is 9.59 Å². The average Bonchev–Trinajstić information content (AvgIpc) is 3.31. The molecule has 1 aromatic carbocycles. The minimum atomic E-state index is -3.43. The summed E-state index contributed by atoms with van der Waals surface area (Å²) in [4.78, 5) is 25.0. The number of sulfonamides is 1. The van der Waals surface area contributed by atoms with Crippen molar-refractivity contribution in [1.29, 1.82) is 0 Å². The van der Waals surface area contributed by atoms with E-state index in [1.807, 2.05) is 0 Å². The van der Waals surface area contributed by atoms with Crippen LogP contribution in [-0.4, -0.2) is 49.8 Å². The highest BCUT2D eigenvalue weighted by Gasteiger charge is 2.30. The first-order valence-electron chi connectivity index (χ1n) is 11.8. The van der Waals surface area contributed by atoms with Crippen molar-refractivity contribution < 1.29 is 22.7 Å². The second-order valence-electron chi connectivity index (χ2n) is 9.27. The summed E-state index contributed by atoms with van der Waals surface area (Å²) in [7, 11) is -3.43. The van der Waals surface area contributed by atoms with Gasteiger partial charge in [0.1, 0.15) is 0 Å². The number of amides is 1. The molecule has 7 nitrogen and oxygen atoms in total. The Morgan fingerprint density at radius 3 is 2.41 bits per heavy atom. The molecule has 2 aliphatic rings. The maximum atomic E-state index is 12.6. The average molecular weight is 465 g/mol. The third-order valence-corrected chi connectivity index (χ3v) is 8.87. The van der Waals surface area contributed by atoms with E-state index in [4.69, 9.17) is 4.74 Å². The van der Waals surface area contributed by atoms with E-state index in [1.165, 1.54) is 10.7 Å². The first-order chi connectivity index (χ1) is 15.2. The lowest BCUT2D eigenvalue weighted by Gasteiger charge is -2.35. The predicted molar refractivity (Wildman–Crippen MR) is 122 cm³/mol. The molecule has 2 fully saturated rings. The van der Waals surface area contributed by atoms with Gasteiger partial charge in [0.2, 0.25) is 10.0 Å². The fourth-order valence-electron chi connectivity index (χ4n) is 4.55. The van der Waals surface area contributed by atoms with Crippen LogP contribution in [0.3, 0.4) is 0 Å². The molecule has 32 heavy (non-hydrogen) atoms. The Bertz CT molecular complexity index is 893. The van der Waals surface area contributed by atoms with Gasteiger partial charge in [0.25, 0.3) is 5.91 Å². The van der Waals surface area contributed by atoms with Crippen LogP contribution in [0.1, 0.15) is 64.9 Å². The van der Waals surface area contributed by atoms with E-state index in [9.17, 15) is 18.0 Å². The standard InChI is InChI=1S/C24H36N2O5S/c1-17-7-6-8-22(18(17)2)25-24(28)19(3)31-23(27)14-11-20-9-12-21(13-10-20)32(29,30)26-15-4-5-16-26/h9-10,12-13,17-19,22H,4-8,11,14-16H2,1-3H3,(H,25,28). The van der Waals surface area contributed by atoms with Crippen LogP contribution in [0, 0.1) is 11.8 Å². The molecule has 1 heterocycles. The van der Waals surface area contributed by atoms with Gasteiger partial charge in [0.05, 0.1) is 4.90 Å². The minimum absolute atomic E-state index is 0.128. The van der Waals surface area contributed by atoms with E-state index >= 15 is 0 Å². The number of hydrogen-bond acceptors (Lipinski definition) is 5. The van der Waals surface area contributed by atoms with Crippen molar-refractivity contribution in [3.05, 3.63) is 29.8 Å². The summed E-state index contributed by atoms with van der Waals surface area (Å²) in [5, 5.41) is 3.04. The quantitative estimate of drug-likeness (QED) is 0.596. The van der Waals surface area contributed by atoms with Gasteiger partial charge in [-0.05, 0) is 62.1 Å². The molecule has 178 valence electrons. The number of hydrogen-bond donors (Lipinski definition) is 1. The van der Waals surface area contributed by atoms with Crippen molar-refractivity contribution in [3.8, 4) is 0 Å². The fourth-order valence-corrected chi connectivity index (χ4v) is 6.06. The summed E-state index contributed by atoms with van der Waals surface area (Å²) in [5.41, 5.74) is 0.851. The number of ether oxygens (including phenoxy) is 1. The lowest BCUT2D eigenvalue weighted by Crippen LogP contribution is -2.47. The van der Waals surface area contributed by atoms with Gasteiger partial charge in [0, 0.05) is 25.6 Å². The van der Waals surface area contributed by atoms with Gasteiger partial charge in [-0.25, -0.2) is 8.42 Å². The molecule has 1 saturated heterocycles. The molecule has 0 aromatic heterocycles. The van der Waals surface area contributed by atoms with Crippen molar-refractivity contribution in [1.82, 2.24) is 9.62 Å². The Morgan fingerprint density at radius 1 is 1.09 bits per heavy atom. The lowest BCUT2D eigenvalue weighted by atomic mass is 9.78. The number of rotatable bonds is 8. The molecule has 1 aliphatic carbocycles. The molecule has 4 unspecified atom stereocenters. The highest BCUT2D eigenvalue weighted by molar-refractivity contribution is 7.89. The zero-order chi connectivity index (χ0) is 23.3. The first kappa shape index (κ1) is 24.7. The van der Waals surface area contributed by atoms with Crippen molar-refractivity contribution in [3.63, 3.8) is 0 Å². The Labute approximate surface area is 191 Å². The largest absolute Gasteiger partial charge is 0.453 e. The molecule has 1 N–H and O–H groups in total. The zero-order valence-corrected chi connectivity index (χ0v) is 20.2. The fraction of sp³-hybridized carbons (Fsp3) is 0.667. The molecule has 3 rings (SSSR count). The first-order valence-corrected chi connectivity index (χ1v) is 13.2. The van der Waals surface area contributed by atoms with Crippen LogP contribution in [0.5, 0.6) is 0 Å². The number of carbonyl (C=O) groups excluding carboxylic acids is 2. The van der Waals surface area contributed by atoms with E-state index in [0.29, 0.717) is 31.3 Å². The van der Waals surface area contributed by atoms with Crippen LogP contribution in [0.15, 0.2) is 29.2 Å². The van der Waals surface area contributed by atoms with Crippen LogP contribution in [0.25, 0.3) is 0 Å². The second-order valence-corrected chi connectivity index (χ2v) is 11.2. The maximum absolute atomic E-state index is 12.6. The molecule has 1 amide bonds. The van der Waals surface area contributed by atoms with Crippen molar-refractivity contribution in [2.75, 3.05) is 13.1 Å². The number of aryl methyl sites for hydroxylation is 1. The van der Waals surface area contributed by atoms with Gasteiger partial charge in [-0.2, -0.15) is 4.31 Å². The minimum Gasteiger partial charge on any atom is -0.453 e. The van der Waals surface area contributed by atoms with Crippen molar-refractivity contribution >= 4 is 21.9 Å². The highest BCUT2D eigenvalue weighted by atomic mass is 32.2. The topological polar surface area (TPSA) is 92.8 Å². The summed E-state index contributed by atoms with van der Waals surface area (Å²) < 4.78 is 32.0. The SMILES string of the molecule is CC(OC(=O)CCc1ccc(S(=O)(=O)N2CCCC2)cc1)C(=O)NC1CCCC(C)C1C. The summed E-state index contributed by atoms with van der Waals surface area (Å²) in [6.07, 6.45) is 4.76. The molecule has 1 aliphatic heterocycles. The molecule has 1 aromatic rings. The summed E-state index contributed by atoms with van der Waals surface area (Å²) in [6.45, 7) is 7.11. The number of benzene rings is 1. The van der Waals surface area contributed by atoms with E-state index in [2.05, 4.69) is 19.2 Å². The van der Waals surface area contributed by atoms with Gasteiger partial charge < -0.3 is 10.1 Å². The summed E-state index contributed by atoms with van der Waals surface area (Å²) in [5.74, 6) is 0.295. The van der Waals surface area contributed by atoms with E-state index in [1.54, 1.807) is 31.2 Å². The normalized spacial score (nSPS) is 25.3. The Balaban J connectivity index is 1.45. The van der Waals surface area contributed by atoms with Crippen LogP contribution < -0.4 is 5.32 Å². The van der Waals surface area contributed by atoms with Gasteiger partial charge in [0.15, 0.2) is 6.10 Å². The third-order valence-electron chi connectivity index (χ3n) is 6.96. The molecule has 4 atom stereocenters. The van der Waals surface area contributed by atoms with Gasteiger partial charge in [-0.1, -0.05) is 38.8 Å². The third kappa shape index (κ3) is 6.10.